The van der Waals surface area contributed by atoms with Gasteiger partial charge in [-0.15, -0.1) is 11.3 Å². The van der Waals surface area contributed by atoms with E-state index in [0.29, 0.717) is 21.7 Å². The molecule has 0 aliphatic carbocycles. The Morgan fingerprint density at radius 1 is 1.28 bits per heavy atom. The second kappa shape index (κ2) is 7.29. The number of furan rings is 1. The molecule has 130 valence electrons. The van der Waals surface area contributed by atoms with Crippen molar-refractivity contribution >= 4 is 34.0 Å². The molecule has 0 spiro atoms. The van der Waals surface area contributed by atoms with Crippen LogP contribution in [0.2, 0.25) is 5.02 Å². The highest BCUT2D eigenvalue weighted by Crippen LogP contribution is 2.23. The first-order valence-electron chi connectivity index (χ1n) is 7.65. The van der Waals surface area contributed by atoms with Crippen LogP contribution in [0.1, 0.15) is 32.4 Å². The number of nitrogens with zero attached hydrogens (tertiary/aromatic N) is 1. The van der Waals surface area contributed by atoms with Gasteiger partial charge in [0.15, 0.2) is 10.9 Å². The topological polar surface area (TPSA) is 64.4 Å². The number of carbonyl (C=O) groups is 1. The van der Waals surface area contributed by atoms with Gasteiger partial charge in [-0.3, -0.25) is 10.1 Å². The Morgan fingerprint density at radius 3 is 2.76 bits per heavy atom. The van der Waals surface area contributed by atoms with Gasteiger partial charge in [0.2, 0.25) is 0 Å². The summed E-state index contributed by atoms with van der Waals surface area (Å²) in [6, 6.07) is 8.76. The van der Waals surface area contributed by atoms with Crippen LogP contribution in [0.15, 0.2) is 34.7 Å². The van der Waals surface area contributed by atoms with Crippen molar-refractivity contribution in [3.63, 3.8) is 0 Å². The Bertz CT molecular complexity index is 897. The summed E-state index contributed by atoms with van der Waals surface area (Å²) in [4.78, 5) is 17.6. The highest BCUT2D eigenvalue weighted by atomic mass is 35.5. The molecule has 2 aromatic heterocycles. The zero-order valence-corrected chi connectivity index (χ0v) is 15.6. The molecule has 1 N–H and O–H groups in total. The second-order valence-electron chi connectivity index (χ2n) is 5.58. The summed E-state index contributed by atoms with van der Waals surface area (Å²) in [6.45, 7) is 6.00. The van der Waals surface area contributed by atoms with E-state index in [1.807, 2.05) is 26.8 Å². The average Bonchev–Trinajstić information content (AvgIpc) is 3.16. The van der Waals surface area contributed by atoms with Crippen molar-refractivity contribution in [3.05, 3.63) is 63.0 Å². The monoisotopic (exact) mass is 376 g/mol. The fraction of sp³-hybridized carbons (Fsp3) is 0.222. The number of carbonyl (C=O) groups excluding carboxylic acids is 1. The number of anilines is 1. The molecule has 0 fully saturated rings. The van der Waals surface area contributed by atoms with Crippen molar-refractivity contribution in [3.8, 4) is 5.75 Å². The molecule has 0 saturated heterocycles. The fourth-order valence-electron chi connectivity index (χ4n) is 2.12. The third-order valence-electron chi connectivity index (χ3n) is 3.64. The van der Waals surface area contributed by atoms with Gasteiger partial charge in [0, 0.05) is 9.90 Å². The first kappa shape index (κ1) is 17.5. The number of benzene rings is 1. The molecule has 5 nitrogen and oxygen atoms in total. The predicted molar refractivity (Wildman–Crippen MR) is 98.8 cm³/mol. The zero-order valence-electron chi connectivity index (χ0n) is 14.1. The van der Waals surface area contributed by atoms with Gasteiger partial charge in [0.1, 0.15) is 18.1 Å². The second-order valence-corrected chi connectivity index (χ2v) is 7.19. The Kier molecular flexibility index (Phi) is 5.11. The van der Waals surface area contributed by atoms with Gasteiger partial charge < -0.3 is 9.15 Å². The summed E-state index contributed by atoms with van der Waals surface area (Å²) in [5.74, 6) is 1.14. The maximum Gasteiger partial charge on any atom is 0.293 e. The summed E-state index contributed by atoms with van der Waals surface area (Å²) in [5.41, 5.74) is 1.85. The quantitative estimate of drug-likeness (QED) is 0.669. The number of hydrogen-bond acceptors (Lipinski definition) is 5. The number of ether oxygens (including phenoxy) is 1. The number of rotatable bonds is 5. The summed E-state index contributed by atoms with van der Waals surface area (Å²) in [5, 5.41) is 3.99. The van der Waals surface area contributed by atoms with E-state index in [1.54, 1.807) is 24.3 Å². The van der Waals surface area contributed by atoms with Crippen LogP contribution in [-0.2, 0) is 6.61 Å². The van der Waals surface area contributed by atoms with Crippen LogP contribution >= 0.6 is 22.9 Å². The van der Waals surface area contributed by atoms with E-state index in [-0.39, 0.29) is 18.3 Å². The molecule has 3 rings (SSSR count). The molecule has 1 aromatic carbocycles. The van der Waals surface area contributed by atoms with E-state index in [9.17, 15) is 4.79 Å². The lowest BCUT2D eigenvalue weighted by molar-refractivity contribution is 0.0992. The minimum Gasteiger partial charge on any atom is -0.486 e. The molecule has 0 bridgehead atoms. The molecule has 0 saturated carbocycles. The third kappa shape index (κ3) is 4.21. The zero-order chi connectivity index (χ0) is 18.0. The van der Waals surface area contributed by atoms with Crippen molar-refractivity contribution in [2.24, 2.45) is 0 Å². The normalized spacial score (nSPS) is 10.7. The molecule has 7 heteroatoms. The third-order valence-corrected chi connectivity index (χ3v) is 5.06. The Labute approximate surface area is 154 Å². The number of aromatic nitrogens is 1. The van der Waals surface area contributed by atoms with Crippen LogP contribution in [0.25, 0.3) is 0 Å². The van der Waals surface area contributed by atoms with E-state index >= 15 is 0 Å². The molecule has 3 aromatic rings. The molecule has 25 heavy (non-hydrogen) atoms. The number of nitrogens with one attached hydrogen (secondary N) is 1. The molecule has 0 atom stereocenters. The van der Waals surface area contributed by atoms with Crippen LogP contribution < -0.4 is 10.1 Å². The summed E-state index contributed by atoms with van der Waals surface area (Å²) < 4.78 is 11.2. The molecule has 0 aliphatic rings. The van der Waals surface area contributed by atoms with Gasteiger partial charge in [-0.1, -0.05) is 11.6 Å². The van der Waals surface area contributed by atoms with Crippen LogP contribution in [0, 0.1) is 20.8 Å². The van der Waals surface area contributed by atoms with Gasteiger partial charge in [0.25, 0.3) is 5.91 Å². The van der Waals surface area contributed by atoms with Gasteiger partial charge in [-0.2, -0.15) is 0 Å². The van der Waals surface area contributed by atoms with E-state index in [0.717, 1.165) is 16.1 Å². The lowest BCUT2D eigenvalue weighted by Crippen LogP contribution is -2.10. The maximum atomic E-state index is 12.2. The molecular formula is C18H17ClN2O3S. The molecule has 0 aliphatic heterocycles. The summed E-state index contributed by atoms with van der Waals surface area (Å²) in [6.07, 6.45) is 0. The SMILES string of the molecule is Cc1cc(OCc2ccc(C(=O)Nc3nc(C)c(C)s3)o2)ccc1Cl. The smallest absolute Gasteiger partial charge is 0.293 e. The molecule has 1 amide bonds. The largest absolute Gasteiger partial charge is 0.486 e. The summed E-state index contributed by atoms with van der Waals surface area (Å²) in [7, 11) is 0. The Balaban J connectivity index is 1.61. The Hall–Kier alpha value is -2.31. The number of thiazole rings is 1. The van der Waals surface area contributed by atoms with Crippen molar-refractivity contribution in [1.29, 1.82) is 0 Å². The van der Waals surface area contributed by atoms with Crippen LogP contribution in [0.3, 0.4) is 0 Å². The van der Waals surface area contributed by atoms with Crippen molar-refractivity contribution in [1.82, 2.24) is 4.98 Å². The van der Waals surface area contributed by atoms with E-state index in [1.165, 1.54) is 11.3 Å². The van der Waals surface area contributed by atoms with Crippen molar-refractivity contribution in [2.45, 2.75) is 27.4 Å². The van der Waals surface area contributed by atoms with Crippen LogP contribution in [0.5, 0.6) is 5.75 Å². The van der Waals surface area contributed by atoms with Crippen LogP contribution in [-0.4, -0.2) is 10.9 Å². The summed E-state index contributed by atoms with van der Waals surface area (Å²) >= 11 is 7.42. The minimum atomic E-state index is -0.331. The van der Waals surface area contributed by atoms with E-state index in [4.69, 9.17) is 20.8 Å². The predicted octanol–water partition coefficient (Wildman–Crippen LogP) is 5.15. The number of hydrogen-bond donors (Lipinski definition) is 1. The van der Waals surface area contributed by atoms with Gasteiger partial charge in [-0.05, 0) is 56.7 Å². The lowest BCUT2D eigenvalue weighted by atomic mass is 10.2. The highest BCUT2D eigenvalue weighted by Gasteiger charge is 2.14. The first-order chi connectivity index (χ1) is 11.9. The van der Waals surface area contributed by atoms with Gasteiger partial charge >= 0.3 is 0 Å². The first-order valence-corrected chi connectivity index (χ1v) is 8.85. The lowest BCUT2D eigenvalue weighted by Gasteiger charge is -2.06. The molecule has 2 heterocycles. The highest BCUT2D eigenvalue weighted by molar-refractivity contribution is 7.15. The molecule has 0 radical (unpaired) electrons. The number of aryl methyl sites for hydroxylation is 3. The van der Waals surface area contributed by atoms with E-state index < -0.39 is 0 Å². The van der Waals surface area contributed by atoms with Crippen molar-refractivity contribution < 1.29 is 13.9 Å². The fourth-order valence-corrected chi connectivity index (χ4v) is 3.05. The van der Waals surface area contributed by atoms with Gasteiger partial charge in [-0.25, -0.2) is 4.98 Å². The minimum absolute atomic E-state index is 0.219. The standard InChI is InChI=1S/C18H17ClN2O3S/c1-10-8-13(4-6-15(10)19)23-9-14-5-7-16(24-14)17(22)21-18-20-11(2)12(3)25-18/h4-8H,9H2,1-3H3,(H,20,21,22). The molecular weight excluding hydrogens is 360 g/mol. The average molecular weight is 377 g/mol. The number of halogens is 1. The van der Waals surface area contributed by atoms with Crippen LogP contribution in [0.4, 0.5) is 5.13 Å². The van der Waals surface area contributed by atoms with Crippen molar-refractivity contribution in [2.75, 3.05) is 5.32 Å². The maximum absolute atomic E-state index is 12.2. The molecule has 0 unspecified atom stereocenters. The van der Waals surface area contributed by atoms with Gasteiger partial charge in [0.05, 0.1) is 5.69 Å². The Morgan fingerprint density at radius 2 is 2.08 bits per heavy atom. The number of amides is 1. The van der Waals surface area contributed by atoms with E-state index in [2.05, 4.69) is 10.3 Å².